The molecule has 1 aromatic rings. The van der Waals surface area contributed by atoms with E-state index in [-0.39, 0.29) is 29.7 Å². The van der Waals surface area contributed by atoms with Crippen molar-refractivity contribution in [1.82, 2.24) is 9.80 Å². The number of anilines is 1. The van der Waals surface area contributed by atoms with Crippen molar-refractivity contribution in [2.75, 3.05) is 46.2 Å². The lowest BCUT2D eigenvalue weighted by Crippen LogP contribution is -2.68. The molecule has 5 rings (SSSR count). The van der Waals surface area contributed by atoms with E-state index in [1.54, 1.807) is 14.1 Å². The molecule has 1 heterocycles. The van der Waals surface area contributed by atoms with Crippen molar-refractivity contribution in [3.8, 4) is 5.75 Å². The van der Waals surface area contributed by atoms with Crippen LogP contribution in [-0.2, 0) is 27.3 Å². The number of piperidine rings is 1. The molecule has 7 N–H and O–H groups in total. The zero-order valence-electron chi connectivity index (χ0n) is 23.5. The van der Waals surface area contributed by atoms with Gasteiger partial charge in [-0.2, -0.15) is 0 Å². The topological polar surface area (TPSA) is 169 Å². The van der Waals surface area contributed by atoms with Crippen LogP contribution in [0.5, 0.6) is 5.75 Å². The van der Waals surface area contributed by atoms with E-state index in [4.69, 9.17) is 0 Å². The monoisotopic (exact) mass is 555 g/mol. The Morgan fingerprint density at radius 3 is 2.33 bits per heavy atom. The highest BCUT2D eigenvalue weighted by atomic mass is 16.3. The molecule has 4 aliphatic rings. The molecule has 1 aliphatic heterocycles. The summed E-state index contributed by atoms with van der Waals surface area (Å²) in [4.78, 5) is 45.3. The number of rotatable bonds is 5. The second-order valence-electron chi connectivity index (χ2n) is 12.0. The van der Waals surface area contributed by atoms with E-state index in [1.807, 2.05) is 25.1 Å². The molecular formula is C29H39N4O7+. The molecule has 1 saturated heterocycles. The number of aromatic hydroxyl groups is 1. The largest absolute Gasteiger partial charge is 0.508 e. The van der Waals surface area contributed by atoms with Crippen molar-refractivity contribution in [2.24, 2.45) is 11.8 Å². The Hall–Kier alpha value is -3.25. The number of likely N-dealkylation sites (tertiary alicyclic amines) is 1. The Balaban J connectivity index is 1.69. The van der Waals surface area contributed by atoms with E-state index < -0.39 is 58.0 Å². The van der Waals surface area contributed by atoms with Gasteiger partial charge < -0.3 is 25.3 Å². The zero-order chi connectivity index (χ0) is 29.3. The van der Waals surface area contributed by atoms with Gasteiger partial charge in [0.05, 0.1) is 11.6 Å². The highest BCUT2D eigenvalue weighted by Crippen LogP contribution is 2.54. The van der Waals surface area contributed by atoms with Gasteiger partial charge in [-0.3, -0.25) is 25.1 Å². The highest BCUT2D eigenvalue weighted by molar-refractivity contribution is 6.22. The van der Waals surface area contributed by atoms with Crippen LogP contribution < -0.4 is 10.6 Å². The van der Waals surface area contributed by atoms with Gasteiger partial charge >= 0.3 is 5.91 Å². The number of fused-ring (bicyclic) bond motifs is 3. The van der Waals surface area contributed by atoms with Gasteiger partial charge in [0, 0.05) is 43.4 Å². The first-order chi connectivity index (χ1) is 18.8. The fraction of sp³-hybridized carbons (Fsp3) is 0.552. The van der Waals surface area contributed by atoms with Crippen molar-refractivity contribution in [3.05, 3.63) is 39.7 Å². The molecule has 11 nitrogen and oxygen atoms in total. The molecule has 0 radical (unpaired) electrons. The van der Waals surface area contributed by atoms with Crippen LogP contribution in [0, 0.1) is 11.8 Å². The first kappa shape index (κ1) is 28.3. The molecule has 1 aromatic carbocycles. The van der Waals surface area contributed by atoms with Gasteiger partial charge in [-0.05, 0) is 70.4 Å². The number of carbonyl (C=O) groups is 3. The number of carbonyl (C=O) groups excluding carboxylic acids is 3. The second kappa shape index (κ2) is 9.99. The Morgan fingerprint density at radius 2 is 1.75 bits per heavy atom. The lowest BCUT2D eigenvalue weighted by atomic mass is 9.57. The SMILES string of the molecule is CN(C)c1cc(CN2CCCCC2)c(O)c2c1CC1CC3C(N(C)C)C(=O)C(C([NH3+])=O)=C(O)C3(O)C(=O)C1=C2O. The van der Waals surface area contributed by atoms with Gasteiger partial charge in [0.25, 0.3) is 0 Å². The van der Waals surface area contributed by atoms with Crippen LogP contribution in [0.1, 0.15) is 42.4 Å². The number of amides is 1. The third-order valence-electron chi connectivity index (χ3n) is 9.13. The molecule has 1 amide bonds. The number of aliphatic hydroxyl groups excluding tert-OH is 2. The quantitative estimate of drug-likeness (QED) is 0.319. The summed E-state index contributed by atoms with van der Waals surface area (Å²) in [5.41, 5.74) is 2.07. The van der Waals surface area contributed by atoms with E-state index in [1.165, 1.54) is 11.3 Å². The van der Waals surface area contributed by atoms with Crippen LogP contribution in [0.25, 0.3) is 5.76 Å². The third kappa shape index (κ3) is 4.06. The lowest BCUT2D eigenvalue weighted by Gasteiger charge is -2.50. The van der Waals surface area contributed by atoms with E-state index >= 15 is 0 Å². The maximum absolute atomic E-state index is 14.1. The summed E-state index contributed by atoms with van der Waals surface area (Å²) >= 11 is 0. The Morgan fingerprint density at radius 1 is 1.10 bits per heavy atom. The maximum atomic E-state index is 14.1. The molecule has 216 valence electrons. The number of ketones is 2. The minimum atomic E-state index is -2.60. The average molecular weight is 556 g/mol. The zero-order valence-corrected chi connectivity index (χ0v) is 23.5. The Kier molecular flexibility index (Phi) is 7.06. The first-order valence-corrected chi connectivity index (χ1v) is 13.8. The molecule has 0 aromatic heterocycles. The van der Waals surface area contributed by atoms with Crippen LogP contribution in [0.3, 0.4) is 0 Å². The Labute approximate surface area is 233 Å². The molecule has 2 fully saturated rings. The third-order valence-corrected chi connectivity index (χ3v) is 9.13. The number of Topliss-reactive ketones (excluding diaryl/α,β-unsaturated/α-hetero) is 2. The molecule has 11 heteroatoms. The molecule has 40 heavy (non-hydrogen) atoms. The summed E-state index contributed by atoms with van der Waals surface area (Å²) in [6, 6.07) is 0.861. The molecule has 1 saturated carbocycles. The number of hydrogen-bond donors (Lipinski definition) is 5. The maximum Gasteiger partial charge on any atom is 0.348 e. The molecule has 4 atom stereocenters. The number of hydrogen-bond acceptors (Lipinski definition) is 10. The van der Waals surface area contributed by atoms with Crippen molar-refractivity contribution < 1.29 is 40.5 Å². The van der Waals surface area contributed by atoms with Crippen LogP contribution in [0.4, 0.5) is 5.69 Å². The molecule has 4 unspecified atom stereocenters. The van der Waals surface area contributed by atoms with E-state index in [0.717, 1.165) is 31.6 Å². The van der Waals surface area contributed by atoms with Crippen molar-refractivity contribution in [3.63, 3.8) is 0 Å². The van der Waals surface area contributed by atoms with E-state index in [2.05, 4.69) is 10.6 Å². The molecule has 3 aliphatic carbocycles. The van der Waals surface area contributed by atoms with Crippen molar-refractivity contribution in [2.45, 2.75) is 50.3 Å². The normalized spacial score (nSPS) is 28.9. The van der Waals surface area contributed by atoms with Crippen LogP contribution in [0.15, 0.2) is 23.0 Å². The Bertz CT molecular complexity index is 1360. The number of nitrogens with zero attached hydrogens (tertiary/aromatic N) is 3. The summed E-state index contributed by atoms with van der Waals surface area (Å²) < 4.78 is 0. The summed E-state index contributed by atoms with van der Waals surface area (Å²) in [5, 5.41) is 46.0. The van der Waals surface area contributed by atoms with Gasteiger partial charge in [-0.15, -0.1) is 0 Å². The fourth-order valence-corrected chi connectivity index (χ4v) is 7.26. The number of phenolic OH excluding ortho intramolecular Hbond substituents is 1. The summed E-state index contributed by atoms with van der Waals surface area (Å²) in [6.07, 6.45) is 3.67. The van der Waals surface area contributed by atoms with Gasteiger partial charge in [-0.25, -0.2) is 4.79 Å². The number of aliphatic hydroxyl groups is 3. The van der Waals surface area contributed by atoms with Gasteiger partial charge in [0.1, 0.15) is 11.5 Å². The predicted octanol–water partition coefficient (Wildman–Crippen LogP) is 0.299. The standard InChI is InChI=1S/C29H38N4O7/c1-31(2)18-12-15(13-33-8-6-5-7-9-33)23(34)20-16(18)10-14-11-17-22(32(3)4)25(36)21(28(30)39)27(38)29(17,40)26(37)19(14)24(20)35/h12,14,17,22,34-35,38,40H,5-11,13H2,1-4H3,(H2,30,39)/p+1. The van der Waals surface area contributed by atoms with E-state index in [9.17, 15) is 34.8 Å². The molecule has 0 spiro atoms. The number of benzene rings is 1. The van der Waals surface area contributed by atoms with Crippen molar-refractivity contribution in [1.29, 1.82) is 0 Å². The fourth-order valence-electron chi connectivity index (χ4n) is 7.26. The van der Waals surface area contributed by atoms with Crippen molar-refractivity contribution >= 4 is 28.9 Å². The molecular weight excluding hydrogens is 516 g/mol. The number of quaternary nitrogens is 1. The van der Waals surface area contributed by atoms with Gasteiger partial charge in [0.2, 0.25) is 5.78 Å². The summed E-state index contributed by atoms with van der Waals surface area (Å²) in [6.45, 7) is 2.29. The van der Waals surface area contributed by atoms with E-state index in [0.29, 0.717) is 17.7 Å². The summed E-state index contributed by atoms with van der Waals surface area (Å²) in [5.74, 6) is -5.91. The minimum absolute atomic E-state index is 0.0848. The minimum Gasteiger partial charge on any atom is -0.508 e. The lowest BCUT2D eigenvalue weighted by molar-refractivity contribution is -0.299. The average Bonchev–Trinajstić information content (AvgIpc) is 2.87. The van der Waals surface area contributed by atoms with Gasteiger partial charge in [-0.1, -0.05) is 6.42 Å². The molecule has 0 bridgehead atoms. The summed E-state index contributed by atoms with van der Waals surface area (Å²) in [7, 11) is 6.96. The van der Waals surface area contributed by atoms with Crippen LogP contribution in [0.2, 0.25) is 0 Å². The smallest absolute Gasteiger partial charge is 0.348 e. The first-order valence-electron chi connectivity index (χ1n) is 13.8. The number of likely N-dealkylation sites (N-methyl/N-ethyl adjacent to an activating group) is 1. The van der Waals surface area contributed by atoms with Gasteiger partial charge in [0.15, 0.2) is 22.7 Å². The van der Waals surface area contributed by atoms with Crippen LogP contribution >= 0.6 is 0 Å². The highest BCUT2D eigenvalue weighted by Gasteiger charge is 2.64. The second-order valence-corrected chi connectivity index (χ2v) is 12.0. The predicted molar refractivity (Wildman–Crippen MR) is 146 cm³/mol. The number of phenols is 1. The van der Waals surface area contributed by atoms with Crippen LogP contribution in [-0.4, -0.2) is 101 Å².